The van der Waals surface area contributed by atoms with Gasteiger partial charge < -0.3 is 5.32 Å². The van der Waals surface area contributed by atoms with E-state index in [-0.39, 0.29) is 30.0 Å². The Morgan fingerprint density at radius 2 is 1.71 bits per heavy atom. The lowest BCUT2D eigenvalue weighted by Gasteiger charge is -2.19. The topological polar surface area (TPSA) is 94.2 Å². The summed E-state index contributed by atoms with van der Waals surface area (Å²) in [6.45, 7) is 3.69. The number of hydrogen-bond donors (Lipinski definition) is 1. The Bertz CT molecular complexity index is 1100. The highest BCUT2D eigenvalue weighted by atomic mass is 16.5. The molecule has 31 heavy (non-hydrogen) atoms. The Balaban J connectivity index is 1.75. The lowest BCUT2D eigenvalue weighted by atomic mass is 10.00. The van der Waals surface area contributed by atoms with E-state index in [0.29, 0.717) is 12.0 Å². The summed E-state index contributed by atoms with van der Waals surface area (Å²) in [6.07, 6.45) is 3.53. The van der Waals surface area contributed by atoms with Crippen molar-refractivity contribution >= 4 is 17.8 Å². The first kappa shape index (κ1) is 22.0. The minimum Gasteiger partial charge on any atom is -0.343 e. The van der Waals surface area contributed by atoms with Crippen molar-refractivity contribution in [3.05, 3.63) is 82.9 Å². The molecule has 1 aromatic heterocycles. The maximum absolute atomic E-state index is 13.0. The van der Waals surface area contributed by atoms with Crippen LogP contribution in [0.15, 0.2) is 76.1 Å². The van der Waals surface area contributed by atoms with Crippen LogP contribution in [0.1, 0.15) is 25.8 Å². The number of hydrogen-bond acceptors (Lipinski definition) is 5. The zero-order chi connectivity index (χ0) is 22.2. The van der Waals surface area contributed by atoms with E-state index in [2.05, 4.69) is 10.5 Å². The molecular weight excluding hydrogens is 394 g/mol. The molecular formula is C24H25N3O4. The number of Topliss-reactive ketones (excluding diaryl/α,β-unsaturated/α-hetero) is 1. The number of nitrogens with zero attached hydrogens (tertiary/aromatic N) is 2. The molecule has 1 heterocycles. The number of aromatic nitrogens is 2. The molecule has 7 heteroatoms. The van der Waals surface area contributed by atoms with Gasteiger partial charge in [-0.15, -0.1) is 0 Å². The molecule has 160 valence electrons. The van der Waals surface area contributed by atoms with Gasteiger partial charge >= 0.3 is 5.76 Å². The van der Waals surface area contributed by atoms with Gasteiger partial charge in [0.1, 0.15) is 0 Å². The summed E-state index contributed by atoms with van der Waals surface area (Å²) in [5, 5.41) is 6.58. The average Bonchev–Trinajstić information content (AvgIpc) is 3.13. The van der Waals surface area contributed by atoms with Crippen LogP contribution in [0.25, 0.3) is 17.5 Å². The van der Waals surface area contributed by atoms with Gasteiger partial charge in [-0.2, -0.15) is 0 Å². The normalized spacial score (nSPS) is 12.2. The maximum atomic E-state index is 13.0. The van der Waals surface area contributed by atoms with Crippen LogP contribution in [0.2, 0.25) is 0 Å². The van der Waals surface area contributed by atoms with E-state index in [1.807, 2.05) is 62.4 Å². The second kappa shape index (κ2) is 10.3. The van der Waals surface area contributed by atoms with Crippen LogP contribution in [-0.2, 0) is 16.1 Å². The first-order chi connectivity index (χ1) is 14.9. The summed E-state index contributed by atoms with van der Waals surface area (Å²) < 4.78 is 5.98. The predicted octanol–water partition coefficient (Wildman–Crippen LogP) is 3.32. The maximum Gasteiger partial charge on any atom is 0.442 e. The minimum atomic E-state index is -0.738. The summed E-state index contributed by atoms with van der Waals surface area (Å²) >= 11 is 0. The Kier molecular flexibility index (Phi) is 7.32. The lowest BCUT2D eigenvalue weighted by Crippen LogP contribution is -2.43. The predicted molar refractivity (Wildman–Crippen MR) is 118 cm³/mol. The van der Waals surface area contributed by atoms with Gasteiger partial charge in [-0.05, 0) is 24.0 Å². The fourth-order valence-electron chi connectivity index (χ4n) is 3.17. The summed E-state index contributed by atoms with van der Waals surface area (Å²) in [7, 11) is 0. The highest BCUT2D eigenvalue weighted by molar-refractivity contribution is 5.96. The van der Waals surface area contributed by atoms with E-state index >= 15 is 0 Å². The van der Waals surface area contributed by atoms with Crippen LogP contribution < -0.4 is 11.1 Å². The number of carbonyl (C=O) groups is 2. The fraction of sp³-hybridized carbons (Fsp3) is 0.250. The van der Waals surface area contributed by atoms with Crippen LogP contribution >= 0.6 is 0 Å². The third-order valence-corrected chi connectivity index (χ3v) is 4.67. The second-order valence-electron chi connectivity index (χ2n) is 7.63. The van der Waals surface area contributed by atoms with Crippen molar-refractivity contribution in [2.75, 3.05) is 0 Å². The van der Waals surface area contributed by atoms with Crippen molar-refractivity contribution in [1.29, 1.82) is 0 Å². The third kappa shape index (κ3) is 6.12. The molecule has 0 aliphatic carbocycles. The molecule has 1 amide bonds. The highest BCUT2D eigenvalue weighted by Crippen LogP contribution is 2.16. The van der Waals surface area contributed by atoms with E-state index in [4.69, 9.17) is 4.52 Å². The van der Waals surface area contributed by atoms with E-state index in [1.165, 1.54) is 10.6 Å². The first-order valence-corrected chi connectivity index (χ1v) is 10.1. The molecule has 0 aliphatic heterocycles. The molecule has 1 N–H and O–H groups in total. The molecule has 0 bridgehead atoms. The molecule has 0 saturated heterocycles. The summed E-state index contributed by atoms with van der Waals surface area (Å²) in [5.74, 6) is -0.940. The Morgan fingerprint density at radius 1 is 1.06 bits per heavy atom. The van der Waals surface area contributed by atoms with Gasteiger partial charge in [-0.1, -0.05) is 79.7 Å². The number of carbonyl (C=O) groups excluding carboxylic acids is 2. The number of rotatable bonds is 9. The molecule has 3 aromatic rings. The van der Waals surface area contributed by atoms with Gasteiger partial charge in [0.25, 0.3) is 0 Å². The Labute approximate surface area is 180 Å². The van der Waals surface area contributed by atoms with Crippen molar-refractivity contribution in [3.63, 3.8) is 0 Å². The smallest absolute Gasteiger partial charge is 0.343 e. The zero-order valence-corrected chi connectivity index (χ0v) is 17.5. The van der Waals surface area contributed by atoms with Crippen molar-refractivity contribution in [3.8, 4) is 11.4 Å². The van der Waals surface area contributed by atoms with Crippen LogP contribution in [-0.4, -0.2) is 27.5 Å². The third-order valence-electron chi connectivity index (χ3n) is 4.67. The van der Waals surface area contributed by atoms with E-state index < -0.39 is 11.8 Å². The molecule has 0 radical (unpaired) electrons. The van der Waals surface area contributed by atoms with Crippen molar-refractivity contribution in [1.82, 2.24) is 15.0 Å². The largest absolute Gasteiger partial charge is 0.442 e. The zero-order valence-electron chi connectivity index (χ0n) is 17.5. The fourth-order valence-corrected chi connectivity index (χ4v) is 3.17. The van der Waals surface area contributed by atoms with Crippen molar-refractivity contribution in [2.24, 2.45) is 5.92 Å². The standard InChI is InChI=1S/C24H25N3O4/c1-17(2)15-20(25-22(29)14-13-18-9-5-3-6-10-18)21(28)16-27-23(26-31-24(27)30)19-11-7-4-8-12-19/h3-14,17,20H,15-16H2,1-2H3,(H,25,29)/b14-13+. The van der Waals surface area contributed by atoms with E-state index in [9.17, 15) is 14.4 Å². The highest BCUT2D eigenvalue weighted by Gasteiger charge is 2.24. The van der Waals surface area contributed by atoms with Gasteiger partial charge in [0.2, 0.25) is 5.91 Å². The second-order valence-corrected chi connectivity index (χ2v) is 7.63. The minimum absolute atomic E-state index is 0.167. The summed E-state index contributed by atoms with van der Waals surface area (Å²) in [4.78, 5) is 37.6. The number of nitrogens with one attached hydrogen (secondary N) is 1. The molecule has 0 saturated carbocycles. The molecule has 0 spiro atoms. The number of amides is 1. The average molecular weight is 419 g/mol. The number of benzene rings is 2. The van der Waals surface area contributed by atoms with Gasteiger partial charge in [-0.3, -0.25) is 14.1 Å². The molecule has 1 atom stereocenters. The van der Waals surface area contributed by atoms with Crippen molar-refractivity contribution in [2.45, 2.75) is 32.9 Å². The molecule has 0 aliphatic rings. The van der Waals surface area contributed by atoms with Gasteiger partial charge in [0, 0.05) is 11.6 Å². The molecule has 7 nitrogen and oxygen atoms in total. The molecule has 1 unspecified atom stereocenters. The lowest BCUT2D eigenvalue weighted by molar-refractivity contribution is -0.126. The van der Waals surface area contributed by atoms with Crippen LogP contribution in [0, 0.1) is 5.92 Å². The monoisotopic (exact) mass is 419 g/mol. The summed E-state index contributed by atoms with van der Waals surface area (Å²) in [6, 6.07) is 17.7. The van der Waals surface area contributed by atoms with Crippen LogP contribution in [0.3, 0.4) is 0 Å². The van der Waals surface area contributed by atoms with E-state index in [1.54, 1.807) is 18.2 Å². The Morgan fingerprint density at radius 3 is 2.35 bits per heavy atom. The molecule has 2 aromatic carbocycles. The molecule has 0 fully saturated rings. The quantitative estimate of drug-likeness (QED) is 0.537. The molecule has 3 rings (SSSR count). The van der Waals surface area contributed by atoms with Crippen LogP contribution in [0.5, 0.6) is 0 Å². The Hall–Kier alpha value is -3.74. The van der Waals surface area contributed by atoms with Gasteiger partial charge in [0.15, 0.2) is 11.6 Å². The van der Waals surface area contributed by atoms with E-state index in [0.717, 1.165) is 5.56 Å². The van der Waals surface area contributed by atoms with Gasteiger partial charge in [-0.25, -0.2) is 9.36 Å². The van der Waals surface area contributed by atoms with Crippen molar-refractivity contribution < 1.29 is 14.1 Å². The number of ketones is 1. The summed E-state index contributed by atoms with van der Waals surface area (Å²) in [5.41, 5.74) is 1.55. The van der Waals surface area contributed by atoms with Gasteiger partial charge in [0.05, 0.1) is 12.6 Å². The first-order valence-electron chi connectivity index (χ1n) is 10.1. The SMILES string of the molecule is CC(C)CC(NC(=O)/C=C/c1ccccc1)C(=O)Cn1c(-c2ccccc2)noc1=O. The van der Waals surface area contributed by atoms with Crippen LogP contribution in [0.4, 0.5) is 0 Å².